The van der Waals surface area contributed by atoms with Crippen LogP contribution in [0.3, 0.4) is 0 Å². The Morgan fingerprint density at radius 3 is 2.47 bits per heavy atom. The maximum atomic E-state index is 12.4. The highest BCUT2D eigenvalue weighted by molar-refractivity contribution is 6.32. The van der Waals surface area contributed by atoms with Crippen LogP contribution in [0.4, 0.5) is 0 Å². The molecule has 0 atom stereocenters. The molecule has 162 valence electrons. The fourth-order valence-corrected chi connectivity index (χ4v) is 3.65. The van der Waals surface area contributed by atoms with E-state index in [1.807, 2.05) is 62.4 Å². The second kappa shape index (κ2) is 9.28. The number of aliphatic imine (C=N–C) groups is 1. The summed E-state index contributed by atoms with van der Waals surface area (Å²) in [5, 5.41) is 0.374. The Labute approximate surface area is 191 Å². The van der Waals surface area contributed by atoms with Gasteiger partial charge < -0.3 is 14.2 Å². The summed E-state index contributed by atoms with van der Waals surface area (Å²) in [6.07, 6.45) is 1.62. The van der Waals surface area contributed by atoms with E-state index in [0.717, 1.165) is 22.3 Å². The topological polar surface area (TPSA) is 57.1 Å². The zero-order valence-corrected chi connectivity index (χ0v) is 18.8. The minimum absolute atomic E-state index is 0.190. The first-order chi connectivity index (χ1) is 15.5. The lowest BCUT2D eigenvalue weighted by molar-refractivity contribution is -0.129. The standard InChI is InChI=1S/C26H22ClNO4/c1-16-8-4-6-10-19(16)15-31-24-21(27)12-18(14-23(24)30-3)13-22-26(29)32-25(28-22)20-11-7-5-9-17(20)2/h4-14H,15H2,1-3H3/b22-13-. The fourth-order valence-electron chi connectivity index (χ4n) is 3.38. The number of benzene rings is 3. The highest BCUT2D eigenvalue weighted by atomic mass is 35.5. The normalized spacial score (nSPS) is 14.3. The number of hydrogen-bond acceptors (Lipinski definition) is 5. The monoisotopic (exact) mass is 447 g/mol. The van der Waals surface area contributed by atoms with E-state index in [0.29, 0.717) is 28.7 Å². The number of cyclic esters (lactones) is 1. The van der Waals surface area contributed by atoms with Crippen LogP contribution in [0.1, 0.15) is 27.8 Å². The minimum atomic E-state index is -0.516. The maximum absolute atomic E-state index is 12.4. The highest BCUT2D eigenvalue weighted by Crippen LogP contribution is 2.38. The van der Waals surface area contributed by atoms with Gasteiger partial charge in [-0.05, 0) is 60.4 Å². The van der Waals surface area contributed by atoms with Gasteiger partial charge in [-0.25, -0.2) is 9.79 Å². The van der Waals surface area contributed by atoms with Gasteiger partial charge in [0, 0.05) is 5.56 Å². The fraction of sp³-hybridized carbons (Fsp3) is 0.154. The van der Waals surface area contributed by atoms with Crippen LogP contribution in [0.5, 0.6) is 11.5 Å². The van der Waals surface area contributed by atoms with E-state index >= 15 is 0 Å². The quantitative estimate of drug-likeness (QED) is 0.349. The second-order valence-corrected chi connectivity index (χ2v) is 7.81. The van der Waals surface area contributed by atoms with Crippen LogP contribution in [-0.4, -0.2) is 19.0 Å². The zero-order chi connectivity index (χ0) is 22.7. The molecule has 0 amide bonds. The number of carbonyl (C=O) groups excluding carboxylic acids is 1. The van der Waals surface area contributed by atoms with Gasteiger partial charge in [0.2, 0.25) is 5.90 Å². The van der Waals surface area contributed by atoms with Gasteiger partial charge in [-0.2, -0.15) is 0 Å². The van der Waals surface area contributed by atoms with E-state index in [1.165, 1.54) is 0 Å². The third kappa shape index (κ3) is 4.53. The molecule has 0 saturated carbocycles. The third-order valence-electron chi connectivity index (χ3n) is 5.18. The van der Waals surface area contributed by atoms with Gasteiger partial charge in [0.05, 0.1) is 12.1 Å². The van der Waals surface area contributed by atoms with E-state index in [4.69, 9.17) is 25.8 Å². The number of nitrogens with zero attached hydrogens (tertiary/aromatic N) is 1. The Morgan fingerprint density at radius 1 is 1.03 bits per heavy atom. The molecule has 0 aliphatic carbocycles. The van der Waals surface area contributed by atoms with Crippen LogP contribution < -0.4 is 9.47 Å². The van der Waals surface area contributed by atoms with Gasteiger partial charge in [0.25, 0.3) is 0 Å². The van der Waals surface area contributed by atoms with Crippen LogP contribution in [0, 0.1) is 13.8 Å². The van der Waals surface area contributed by atoms with Crippen molar-refractivity contribution in [3.05, 3.63) is 99.2 Å². The number of aryl methyl sites for hydroxylation is 2. The summed E-state index contributed by atoms with van der Waals surface area (Å²) in [5.74, 6) is 0.680. The minimum Gasteiger partial charge on any atom is -0.493 e. The second-order valence-electron chi connectivity index (χ2n) is 7.40. The molecule has 0 saturated heterocycles. The molecular formula is C26H22ClNO4. The summed E-state index contributed by atoms with van der Waals surface area (Å²) >= 11 is 6.50. The summed E-state index contributed by atoms with van der Waals surface area (Å²) in [4.78, 5) is 16.8. The molecule has 1 heterocycles. The molecule has 1 aliphatic rings. The molecule has 0 unspecified atom stereocenters. The summed E-state index contributed by atoms with van der Waals surface area (Å²) < 4.78 is 16.8. The molecule has 0 fully saturated rings. The highest BCUT2D eigenvalue weighted by Gasteiger charge is 2.25. The van der Waals surface area contributed by atoms with Crippen molar-refractivity contribution < 1.29 is 19.0 Å². The number of esters is 1. The van der Waals surface area contributed by atoms with Crippen molar-refractivity contribution in [1.82, 2.24) is 0 Å². The molecule has 5 nitrogen and oxygen atoms in total. The molecule has 32 heavy (non-hydrogen) atoms. The number of methoxy groups -OCH3 is 1. The molecule has 0 N–H and O–H groups in total. The molecule has 6 heteroatoms. The number of rotatable bonds is 6. The van der Waals surface area contributed by atoms with Gasteiger partial charge in [0.1, 0.15) is 6.61 Å². The number of hydrogen-bond donors (Lipinski definition) is 0. The predicted octanol–water partition coefficient (Wildman–Crippen LogP) is 5.89. The first-order valence-electron chi connectivity index (χ1n) is 10.1. The molecule has 0 aromatic heterocycles. The molecule has 3 aromatic carbocycles. The van der Waals surface area contributed by atoms with Crippen molar-refractivity contribution in [2.45, 2.75) is 20.5 Å². The van der Waals surface area contributed by atoms with Gasteiger partial charge >= 0.3 is 5.97 Å². The Morgan fingerprint density at radius 2 is 1.75 bits per heavy atom. The summed E-state index contributed by atoms with van der Waals surface area (Å²) in [5.41, 5.74) is 4.78. The van der Waals surface area contributed by atoms with E-state index in [9.17, 15) is 4.79 Å². The van der Waals surface area contributed by atoms with Crippen molar-refractivity contribution >= 4 is 29.5 Å². The Balaban J connectivity index is 1.61. The lowest BCUT2D eigenvalue weighted by Crippen LogP contribution is -2.06. The smallest absolute Gasteiger partial charge is 0.363 e. The van der Waals surface area contributed by atoms with Gasteiger partial charge in [-0.3, -0.25) is 0 Å². The van der Waals surface area contributed by atoms with Crippen LogP contribution in [-0.2, 0) is 16.1 Å². The lowest BCUT2D eigenvalue weighted by Gasteiger charge is -2.14. The first-order valence-corrected chi connectivity index (χ1v) is 10.5. The molecule has 1 aliphatic heterocycles. The van der Waals surface area contributed by atoms with Crippen LogP contribution in [0.15, 0.2) is 71.4 Å². The van der Waals surface area contributed by atoms with Gasteiger partial charge in [0.15, 0.2) is 17.2 Å². The molecule has 0 radical (unpaired) electrons. The van der Waals surface area contributed by atoms with E-state index < -0.39 is 5.97 Å². The lowest BCUT2D eigenvalue weighted by atomic mass is 10.1. The number of ether oxygens (including phenoxy) is 3. The van der Waals surface area contributed by atoms with E-state index in [2.05, 4.69) is 4.99 Å². The molecule has 3 aromatic rings. The van der Waals surface area contributed by atoms with Crippen LogP contribution in [0.25, 0.3) is 6.08 Å². The third-order valence-corrected chi connectivity index (χ3v) is 5.47. The molecule has 0 bridgehead atoms. The van der Waals surface area contributed by atoms with Crippen molar-refractivity contribution in [3.63, 3.8) is 0 Å². The van der Waals surface area contributed by atoms with Crippen molar-refractivity contribution in [3.8, 4) is 11.5 Å². The van der Waals surface area contributed by atoms with Crippen molar-refractivity contribution in [2.75, 3.05) is 7.11 Å². The Kier molecular flexibility index (Phi) is 6.28. The predicted molar refractivity (Wildman–Crippen MR) is 125 cm³/mol. The average Bonchev–Trinajstić information content (AvgIpc) is 3.14. The number of carbonyl (C=O) groups is 1. The first kappa shape index (κ1) is 21.7. The molecular weight excluding hydrogens is 426 g/mol. The van der Waals surface area contributed by atoms with E-state index in [-0.39, 0.29) is 11.6 Å². The van der Waals surface area contributed by atoms with Crippen molar-refractivity contribution in [2.24, 2.45) is 4.99 Å². The Bertz CT molecular complexity index is 1250. The molecule has 0 spiro atoms. The van der Waals surface area contributed by atoms with Crippen LogP contribution >= 0.6 is 11.6 Å². The largest absolute Gasteiger partial charge is 0.493 e. The van der Waals surface area contributed by atoms with Gasteiger partial charge in [-0.15, -0.1) is 0 Å². The van der Waals surface area contributed by atoms with Crippen LogP contribution in [0.2, 0.25) is 5.02 Å². The maximum Gasteiger partial charge on any atom is 0.363 e. The van der Waals surface area contributed by atoms with E-state index in [1.54, 1.807) is 25.3 Å². The van der Waals surface area contributed by atoms with Gasteiger partial charge in [-0.1, -0.05) is 54.1 Å². The average molecular weight is 448 g/mol. The molecule has 4 rings (SSSR count). The SMILES string of the molecule is COc1cc(/C=C2\N=C(c3ccccc3C)OC2=O)cc(Cl)c1OCc1ccccc1C. The summed E-state index contributed by atoms with van der Waals surface area (Å²) in [6, 6.07) is 19.0. The number of halogens is 1. The summed E-state index contributed by atoms with van der Waals surface area (Å²) in [6.45, 7) is 4.33. The summed E-state index contributed by atoms with van der Waals surface area (Å²) in [7, 11) is 1.54. The zero-order valence-electron chi connectivity index (χ0n) is 18.0. The Hall–Kier alpha value is -3.57. The van der Waals surface area contributed by atoms with Crippen molar-refractivity contribution in [1.29, 1.82) is 0 Å².